The largest absolute Gasteiger partial charge is 0.478 e. The van der Waals surface area contributed by atoms with Gasteiger partial charge in [0.2, 0.25) is 5.09 Å². The quantitative estimate of drug-likeness (QED) is 0.436. The molecule has 0 fully saturated rings. The summed E-state index contributed by atoms with van der Waals surface area (Å²) >= 11 is 0. The highest BCUT2D eigenvalue weighted by Crippen LogP contribution is 2.12. The molecule has 0 amide bonds. The minimum atomic E-state index is -3.91. The number of nitrogens with one attached hydrogen (secondary N) is 1. The molecule has 1 aromatic rings. The number of nitrogens with two attached hydrogens (primary N) is 1. The van der Waals surface area contributed by atoms with Crippen LogP contribution < -0.4 is 10.7 Å². The second-order valence-corrected chi connectivity index (χ2v) is 3.73. The maximum absolute atomic E-state index is 10.9. The van der Waals surface area contributed by atoms with E-state index in [0.29, 0.717) is 0 Å². The zero-order valence-corrected chi connectivity index (χ0v) is 7.04. The van der Waals surface area contributed by atoms with Gasteiger partial charge in [0.15, 0.2) is 0 Å². The van der Waals surface area contributed by atoms with Gasteiger partial charge in [-0.15, -0.1) is 4.83 Å². The smallest absolute Gasteiger partial charge is 0.339 e. The van der Waals surface area contributed by atoms with Gasteiger partial charge in [-0.1, -0.05) is 0 Å². The molecule has 0 saturated heterocycles. The van der Waals surface area contributed by atoms with Crippen molar-refractivity contribution in [3.8, 4) is 0 Å². The van der Waals surface area contributed by atoms with Crippen LogP contribution in [0.4, 0.5) is 0 Å². The fourth-order valence-corrected chi connectivity index (χ4v) is 1.20. The maximum Gasteiger partial charge on any atom is 0.339 e. The summed E-state index contributed by atoms with van der Waals surface area (Å²) in [6.07, 6.45) is 0.812. The molecule has 0 atom stereocenters. The van der Waals surface area contributed by atoms with Gasteiger partial charge < -0.3 is 9.52 Å². The molecule has 0 aliphatic heterocycles. The third-order valence-electron chi connectivity index (χ3n) is 1.24. The van der Waals surface area contributed by atoms with Gasteiger partial charge in [0, 0.05) is 6.07 Å². The molecule has 0 aromatic carbocycles. The number of hydrazine groups is 1. The van der Waals surface area contributed by atoms with Crippen molar-refractivity contribution in [1.82, 2.24) is 4.83 Å². The van der Waals surface area contributed by atoms with Gasteiger partial charge in [-0.05, 0) is 0 Å². The van der Waals surface area contributed by atoms with Gasteiger partial charge in [-0.3, -0.25) is 5.84 Å². The monoisotopic (exact) mass is 206 g/mol. The molecule has 0 unspecified atom stereocenters. The lowest BCUT2D eigenvalue weighted by Gasteiger charge is -1.94. The standard InChI is InChI=1S/C5H6N2O5S/c6-7-13(10,11)4-1-3(2-12-4)5(8)9/h1-2,7H,6H2,(H,8,9). The molecule has 7 nitrogen and oxygen atoms in total. The summed E-state index contributed by atoms with van der Waals surface area (Å²) in [5.41, 5.74) is -0.256. The van der Waals surface area contributed by atoms with Gasteiger partial charge in [-0.2, -0.15) is 0 Å². The van der Waals surface area contributed by atoms with Crippen LogP contribution in [0.25, 0.3) is 0 Å². The summed E-state index contributed by atoms with van der Waals surface area (Å²) in [4.78, 5) is 11.8. The summed E-state index contributed by atoms with van der Waals surface area (Å²) in [7, 11) is -3.91. The van der Waals surface area contributed by atoms with Crippen molar-refractivity contribution in [1.29, 1.82) is 0 Å². The zero-order valence-electron chi connectivity index (χ0n) is 6.22. The molecule has 4 N–H and O–H groups in total. The average molecular weight is 206 g/mol. The lowest BCUT2D eigenvalue weighted by atomic mass is 10.4. The van der Waals surface area contributed by atoms with Crippen molar-refractivity contribution < 1.29 is 22.7 Å². The normalized spacial score (nSPS) is 11.5. The second kappa shape index (κ2) is 3.17. The Morgan fingerprint density at radius 1 is 1.62 bits per heavy atom. The first kappa shape index (κ1) is 9.71. The molecule has 0 saturated carbocycles. The maximum atomic E-state index is 10.9. The van der Waals surface area contributed by atoms with Crippen LogP contribution in [0.5, 0.6) is 0 Å². The minimum Gasteiger partial charge on any atom is -0.478 e. The molecule has 0 radical (unpaired) electrons. The summed E-state index contributed by atoms with van der Waals surface area (Å²) < 4.78 is 26.3. The van der Waals surface area contributed by atoms with Crippen LogP contribution in [0.15, 0.2) is 21.8 Å². The first-order valence-electron chi connectivity index (χ1n) is 3.01. The van der Waals surface area contributed by atoms with Crippen molar-refractivity contribution in [2.45, 2.75) is 5.09 Å². The number of carboxylic acid groups (broad SMARTS) is 1. The predicted octanol–water partition coefficient (Wildman–Crippen LogP) is -0.870. The van der Waals surface area contributed by atoms with Crippen LogP contribution >= 0.6 is 0 Å². The molecule has 8 heteroatoms. The van der Waals surface area contributed by atoms with E-state index in [1.807, 2.05) is 0 Å². The Kier molecular flexibility index (Phi) is 2.36. The Hall–Kier alpha value is -1.38. The number of hydrogen-bond donors (Lipinski definition) is 3. The van der Waals surface area contributed by atoms with Gasteiger partial charge in [0.05, 0.1) is 5.56 Å². The topological polar surface area (TPSA) is 123 Å². The Labute approximate surface area is 73.2 Å². The predicted molar refractivity (Wildman–Crippen MR) is 40.2 cm³/mol. The molecule has 72 valence electrons. The third-order valence-corrected chi connectivity index (χ3v) is 2.30. The Morgan fingerprint density at radius 3 is 2.62 bits per heavy atom. The first-order valence-corrected chi connectivity index (χ1v) is 4.50. The molecule has 0 aliphatic carbocycles. The van der Waals surface area contributed by atoms with Crippen molar-refractivity contribution in [2.24, 2.45) is 5.84 Å². The lowest BCUT2D eigenvalue weighted by molar-refractivity contribution is 0.0696. The number of carboxylic acids is 1. The van der Waals surface area contributed by atoms with E-state index in [4.69, 9.17) is 5.11 Å². The van der Waals surface area contributed by atoms with E-state index in [0.717, 1.165) is 12.3 Å². The van der Waals surface area contributed by atoms with E-state index in [1.54, 1.807) is 0 Å². The van der Waals surface area contributed by atoms with Gasteiger partial charge >= 0.3 is 5.97 Å². The molecule has 13 heavy (non-hydrogen) atoms. The molecule has 1 aromatic heterocycles. The highest BCUT2D eigenvalue weighted by atomic mass is 32.2. The average Bonchev–Trinajstić information content (AvgIpc) is 2.52. The molecule has 1 rings (SSSR count). The molecular weight excluding hydrogens is 200 g/mol. The number of hydrogen-bond acceptors (Lipinski definition) is 5. The summed E-state index contributed by atoms with van der Waals surface area (Å²) in [6.45, 7) is 0. The summed E-state index contributed by atoms with van der Waals surface area (Å²) in [6, 6.07) is 0.859. The second-order valence-electron chi connectivity index (χ2n) is 2.08. The van der Waals surface area contributed by atoms with E-state index < -0.39 is 21.1 Å². The molecule has 0 spiro atoms. The van der Waals surface area contributed by atoms with Crippen LogP contribution in [0.2, 0.25) is 0 Å². The summed E-state index contributed by atoms with van der Waals surface area (Å²) in [5, 5.41) is 7.90. The van der Waals surface area contributed by atoms with E-state index in [-0.39, 0.29) is 5.56 Å². The van der Waals surface area contributed by atoms with E-state index in [2.05, 4.69) is 10.3 Å². The van der Waals surface area contributed by atoms with E-state index in [1.165, 1.54) is 4.83 Å². The zero-order chi connectivity index (χ0) is 10.1. The Morgan fingerprint density at radius 2 is 2.23 bits per heavy atom. The highest BCUT2D eigenvalue weighted by Gasteiger charge is 2.18. The number of aromatic carboxylic acids is 1. The number of furan rings is 1. The van der Waals surface area contributed by atoms with Crippen LogP contribution in [0.3, 0.4) is 0 Å². The van der Waals surface area contributed by atoms with Crippen molar-refractivity contribution in [3.05, 3.63) is 17.9 Å². The van der Waals surface area contributed by atoms with Crippen LogP contribution in [-0.4, -0.2) is 19.5 Å². The van der Waals surface area contributed by atoms with Crippen molar-refractivity contribution in [3.63, 3.8) is 0 Å². The molecule has 0 bridgehead atoms. The summed E-state index contributed by atoms with van der Waals surface area (Å²) in [5.74, 6) is 3.40. The van der Waals surface area contributed by atoms with E-state index >= 15 is 0 Å². The van der Waals surface area contributed by atoms with Crippen LogP contribution in [0, 0.1) is 0 Å². The molecule has 1 heterocycles. The fraction of sp³-hybridized carbons (Fsp3) is 0. The van der Waals surface area contributed by atoms with Gasteiger partial charge in [-0.25, -0.2) is 13.2 Å². The van der Waals surface area contributed by atoms with Crippen LogP contribution in [-0.2, 0) is 10.0 Å². The van der Waals surface area contributed by atoms with Gasteiger partial charge in [0.25, 0.3) is 10.0 Å². The SMILES string of the molecule is NNS(=O)(=O)c1cc(C(=O)O)co1. The van der Waals surface area contributed by atoms with Crippen LogP contribution in [0.1, 0.15) is 10.4 Å². The van der Waals surface area contributed by atoms with Crippen molar-refractivity contribution >= 4 is 16.0 Å². The van der Waals surface area contributed by atoms with Gasteiger partial charge in [0.1, 0.15) is 6.26 Å². The Balaban J connectivity index is 3.13. The lowest BCUT2D eigenvalue weighted by Crippen LogP contribution is -2.29. The minimum absolute atomic E-state index is 0.256. The number of carbonyl (C=O) groups is 1. The number of sulfonamides is 1. The highest BCUT2D eigenvalue weighted by molar-refractivity contribution is 7.89. The Bertz CT molecular complexity index is 420. The first-order chi connectivity index (χ1) is 5.97. The molecule has 0 aliphatic rings. The fourth-order valence-electron chi connectivity index (χ4n) is 0.628. The van der Waals surface area contributed by atoms with Crippen molar-refractivity contribution in [2.75, 3.05) is 0 Å². The van der Waals surface area contributed by atoms with E-state index in [9.17, 15) is 13.2 Å². The number of rotatable bonds is 3. The molecular formula is C5H6N2O5S. The third kappa shape index (κ3) is 1.86.